The number of hydrogen-bond donors (Lipinski definition) is 1. The van der Waals surface area contributed by atoms with Crippen molar-refractivity contribution >= 4 is 28.7 Å². The van der Waals surface area contributed by atoms with Crippen LogP contribution in [0.5, 0.6) is 0 Å². The topological polar surface area (TPSA) is 12.0 Å². The van der Waals surface area contributed by atoms with Crippen molar-refractivity contribution in [3.8, 4) is 0 Å². The van der Waals surface area contributed by atoms with Crippen molar-refractivity contribution in [2.75, 3.05) is 13.1 Å². The molecule has 1 saturated heterocycles. The Hall–Kier alpha value is -0.350. The highest BCUT2D eigenvalue weighted by Gasteiger charge is 2.03. The second-order valence-corrected chi connectivity index (χ2v) is 5.20. The van der Waals surface area contributed by atoms with Gasteiger partial charge in [-0.25, -0.2) is 0 Å². The molecule has 1 fully saturated rings. The van der Waals surface area contributed by atoms with E-state index in [9.17, 15) is 0 Å². The Kier molecular flexibility index (Phi) is 4.20. The molecule has 1 aromatic rings. The molecule has 0 saturated carbocycles. The van der Waals surface area contributed by atoms with E-state index >= 15 is 0 Å². The molecule has 80 valence electrons. The number of hydrogen-bond acceptors (Lipinski definition) is 1. The van der Waals surface area contributed by atoms with Crippen molar-refractivity contribution in [3.05, 3.63) is 39.0 Å². The number of rotatable bonds is 1. The highest BCUT2D eigenvalue weighted by Crippen LogP contribution is 2.17. The fraction of sp³-hybridized carbons (Fsp3) is 0.385. The third-order valence-corrected chi connectivity index (χ3v) is 3.43. The highest BCUT2D eigenvalue weighted by molar-refractivity contribution is 14.1. The lowest BCUT2D eigenvalue weighted by Crippen LogP contribution is -2.13. The lowest BCUT2D eigenvalue weighted by molar-refractivity contribution is 0.703. The molecular weight excluding hydrogens is 297 g/mol. The van der Waals surface area contributed by atoms with Crippen LogP contribution >= 0.6 is 22.6 Å². The lowest BCUT2D eigenvalue weighted by Gasteiger charge is -2.02. The Balaban J connectivity index is 2.10. The summed E-state index contributed by atoms with van der Waals surface area (Å²) in [4.78, 5) is 0. The smallest absolute Gasteiger partial charge is 0.0130 e. The maximum Gasteiger partial charge on any atom is 0.0130 e. The van der Waals surface area contributed by atoms with Crippen LogP contribution in [0.3, 0.4) is 0 Å². The Morgan fingerprint density at radius 1 is 1.07 bits per heavy atom. The van der Waals surface area contributed by atoms with Crippen LogP contribution in [0, 0.1) is 3.57 Å². The molecular formula is C13H16IN. The SMILES string of the molecule is Ic1ccc(/C=C2/CCCNCC2)cc1. The van der Waals surface area contributed by atoms with Crippen LogP contribution in [0.2, 0.25) is 0 Å². The molecule has 0 unspecified atom stereocenters. The van der Waals surface area contributed by atoms with Crippen molar-refractivity contribution in [1.29, 1.82) is 0 Å². The van der Waals surface area contributed by atoms with Gasteiger partial charge in [-0.2, -0.15) is 0 Å². The summed E-state index contributed by atoms with van der Waals surface area (Å²) in [6.07, 6.45) is 6.07. The van der Waals surface area contributed by atoms with E-state index in [0.29, 0.717) is 0 Å². The molecule has 0 atom stereocenters. The van der Waals surface area contributed by atoms with Gasteiger partial charge in [0.25, 0.3) is 0 Å². The number of benzene rings is 1. The first-order valence-electron chi connectivity index (χ1n) is 5.50. The van der Waals surface area contributed by atoms with E-state index in [0.717, 1.165) is 6.54 Å². The minimum Gasteiger partial charge on any atom is -0.316 e. The van der Waals surface area contributed by atoms with Crippen LogP contribution in [0.1, 0.15) is 24.8 Å². The molecule has 0 bridgehead atoms. The van der Waals surface area contributed by atoms with Gasteiger partial charge in [0.05, 0.1) is 0 Å². The zero-order valence-electron chi connectivity index (χ0n) is 8.80. The van der Waals surface area contributed by atoms with Gasteiger partial charge in [-0.1, -0.05) is 23.8 Å². The van der Waals surface area contributed by atoms with E-state index in [1.807, 2.05) is 0 Å². The average molecular weight is 313 g/mol. The lowest BCUT2D eigenvalue weighted by atomic mass is 10.0. The van der Waals surface area contributed by atoms with Crippen molar-refractivity contribution in [2.24, 2.45) is 0 Å². The maximum absolute atomic E-state index is 3.43. The summed E-state index contributed by atoms with van der Waals surface area (Å²) in [6.45, 7) is 2.31. The molecule has 0 aliphatic carbocycles. The van der Waals surface area contributed by atoms with Gasteiger partial charge in [0.15, 0.2) is 0 Å². The molecule has 1 nitrogen and oxygen atoms in total. The molecule has 1 aromatic carbocycles. The molecule has 2 heteroatoms. The molecule has 0 spiro atoms. The first-order chi connectivity index (χ1) is 7.34. The summed E-state index contributed by atoms with van der Waals surface area (Å²) in [5, 5.41) is 3.43. The molecule has 0 amide bonds. The van der Waals surface area contributed by atoms with Crippen molar-refractivity contribution < 1.29 is 0 Å². The third-order valence-electron chi connectivity index (χ3n) is 2.72. The second-order valence-electron chi connectivity index (χ2n) is 3.96. The van der Waals surface area contributed by atoms with Gasteiger partial charge in [0.2, 0.25) is 0 Å². The fourth-order valence-corrected chi connectivity index (χ4v) is 2.24. The van der Waals surface area contributed by atoms with Crippen LogP contribution in [0.15, 0.2) is 29.8 Å². The van der Waals surface area contributed by atoms with Gasteiger partial charge in [0.1, 0.15) is 0 Å². The van der Waals surface area contributed by atoms with E-state index < -0.39 is 0 Å². The second kappa shape index (κ2) is 5.66. The van der Waals surface area contributed by atoms with Gasteiger partial charge < -0.3 is 5.32 Å². The first kappa shape index (κ1) is 11.1. The summed E-state index contributed by atoms with van der Waals surface area (Å²) >= 11 is 2.34. The molecule has 1 N–H and O–H groups in total. The van der Waals surface area contributed by atoms with E-state index in [1.165, 1.54) is 34.9 Å². The predicted octanol–water partition coefficient (Wildman–Crippen LogP) is 3.45. The minimum atomic E-state index is 1.14. The van der Waals surface area contributed by atoms with E-state index in [4.69, 9.17) is 0 Å². The van der Waals surface area contributed by atoms with Crippen LogP contribution in [0.25, 0.3) is 6.08 Å². The van der Waals surface area contributed by atoms with Gasteiger partial charge in [-0.3, -0.25) is 0 Å². The van der Waals surface area contributed by atoms with Crippen molar-refractivity contribution in [2.45, 2.75) is 19.3 Å². The fourth-order valence-electron chi connectivity index (χ4n) is 1.88. The Bertz CT molecular complexity index is 330. The summed E-state index contributed by atoms with van der Waals surface area (Å²) in [5.74, 6) is 0. The van der Waals surface area contributed by atoms with Gasteiger partial charge in [-0.05, 0) is 72.6 Å². The summed E-state index contributed by atoms with van der Waals surface area (Å²) < 4.78 is 1.30. The Morgan fingerprint density at radius 3 is 2.67 bits per heavy atom. The highest BCUT2D eigenvalue weighted by atomic mass is 127. The minimum absolute atomic E-state index is 1.14. The van der Waals surface area contributed by atoms with Crippen LogP contribution in [-0.2, 0) is 0 Å². The normalized spacial score (nSPS) is 20.2. The van der Waals surface area contributed by atoms with E-state index in [1.54, 1.807) is 5.57 Å². The quantitative estimate of drug-likeness (QED) is 0.783. The van der Waals surface area contributed by atoms with Gasteiger partial charge in [-0.15, -0.1) is 0 Å². The molecule has 1 aliphatic heterocycles. The van der Waals surface area contributed by atoms with Crippen LogP contribution in [0.4, 0.5) is 0 Å². The summed E-state index contributed by atoms with van der Waals surface area (Å²) in [5.41, 5.74) is 2.92. The first-order valence-corrected chi connectivity index (χ1v) is 6.58. The summed E-state index contributed by atoms with van der Waals surface area (Å²) in [7, 11) is 0. The average Bonchev–Trinajstić information content (AvgIpc) is 2.50. The molecule has 15 heavy (non-hydrogen) atoms. The van der Waals surface area contributed by atoms with Crippen molar-refractivity contribution in [1.82, 2.24) is 5.32 Å². The van der Waals surface area contributed by atoms with Crippen LogP contribution < -0.4 is 5.32 Å². The zero-order chi connectivity index (χ0) is 10.5. The monoisotopic (exact) mass is 313 g/mol. The number of nitrogens with one attached hydrogen (secondary N) is 1. The molecule has 0 radical (unpaired) electrons. The largest absolute Gasteiger partial charge is 0.316 e. The summed E-state index contributed by atoms with van der Waals surface area (Å²) in [6, 6.07) is 8.74. The Morgan fingerprint density at radius 2 is 1.87 bits per heavy atom. The maximum atomic E-state index is 3.43. The molecule has 1 heterocycles. The molecule has 1 aliphatic rings. The number of halogens is 1. The molecule has 0 aromatic heterocycles. The Labute approximate surface area is 105 Å². The van der Waals surface area contributed by atoms with Crippen molar-refractivity contribution in [3.63, 3.8) is 0 Å². The third kappa shape index (κ3) is 3.61. The van der Waals surface area contributed by atoms with Crippen LogP contribution in [-0.4, -0.2) is 13.1 Å². The van der Waals surface area contributed by atoms with E-state index in [2.05, 4.69) is 58.2 Å². The zero-order valence-corrected chi connectivity index (χ0v) is 11.0. The standard InChI is InChI=1S/C13H16IN/c14-13-5-3-12(4-6-13)10-11-2-1-8-15-9-7-11/h3-6,10,15H,1-2,7-9H2/b11-10-. The van der Waals surface area contributed by atoms with E-state index in [-0.39, 0.29) is 0 Å². The predicted molar refractivity (Wildman–Crippen MR) is 73.9 cm³/mol. The van der Waals surface area contributed by atoms with Gasteiger partial charge >= 0.3 is 0 Å². The molecule has 2 rings (SSSR count). The van der Waals surface area contributed by atoms with Gasteiger partial charge in [0, 0.05) is 3.57 Å².